The van der Waals surface area contributed by atoms with Gasteiger partial charge in [-0.25, -0.2) is 4.79 Å². The Balaban J connectivity index is 2.54. The fraction of sp³-hybridized carbons (Fsp3) is 0.769. The van der Waals surface area contributed by atoms with E-state index in [0.29, 0.717) is 6.42 Å². The van der Waals surface area contributed by atoms with Crippen molar-refractivity contribution >= 4 is 13.3 Å². The number of allylic oxidation sites excluding steroid dienone is 1. The van der Waals surface area contributed by atoms with E-state index in [1.807, 2.05) is 13.8 Å². The third-order valence-corrected chi connectivity index (χ3v) is 5.14. The van der Waals surface area contributed by atoms with Crippen molar-refractivity contribution in [2.75, 3.05) is 12.3 Å². The largest absolute Gasteiger partial charge is 0.478 e. The second kappa shape index (κ2) is 6.53. The van der Waals surface area contributed by atoms with Crippen LogP contribution in [0.5, 0.6) is 0 Å². The molecule has 4 nitrogen and oxygen atoms in total. The van der Waals surface area contributed by atoms with Crippen molar-refractivity contribution in [3.63, 3.8) is 0 Å². The predicted octanol–water partition coefficient (Wildman–Crippen LogP) is 3.11. The highest BCUT2D eigenvalue weighted by atomic mass is 31.2. The third-order valence-electron chi connectivity index (χ3n) is 3.01. The Labute approximate surface area is 109 Å². The van der Waals surface area contributed by atoms with Gasteiger partial charge in [-0.2, -0.15) is 0 Å². The molecule has 1 fully saturated rings. The minimum absolute atomic E-state index is 0.0992. The molecule has 1 atom stereocenters. The molecule has 2 N–H and O–H groups in total. The summed E-state index contributed by atoms with van der Waals surface area (Å²) in [5, 5.41) is 9.05. The highest BCUT2D eigenvalue weighted by Gasteiger charge is 2.25. The van der Waals surface area contributed by atoms with E-state index in [-0.39, 0.29) is 23.8 Å². The van der Waals surface area contributed by atoms with E-state index in [2.05, 4.69) is 0 Å². The summed E-state index contributed by atoms with van der Waals surface area (Å²) in [5.41, 5.74) is 0.0992. The van der Waals surface area contributed by atoms with Gasteiger partial charge in [0.15, 0.2) is 0 Å². The Bertz CT molecular complexity index is 369. The van der Waals surface area contributed by atoms with Crippen LogP contribution >= 0.6 is 7.37 Å². The molecule has 1 aliphatic carbocycles. The second-order valence-electron chi connectivity index (χ2n) is 5.64. The van der Waals surface area contributed by atoms with Gasteiger partial charge in [0.1, 0.15) is 0 Å². The zero-order chi connectivity index (χ0) is 13.8. The minimum atomic E-state index is -3.36. The molecule has 0 radical (unpaired) electrons. The number of carbonyl (C=O) groups is 1. The van der Waals surface area contributed by atoms with Gasteiger partial charge in [-0.3, -0.25) is 4.57 Å². The summed E-state index contributed by atoms with van der Waals surface area (Å²) in [6.07, 6.45) is 5.78. The average Bonchev–Trinajstić information content (AvgIpc) is 2.97. The lowest BCUT2D eigenvalue weighted by molar-refractivity contribution is -0.132. The number of hydrogen-bond acceptors (Lipinski definition) is 2. The zero-order valence-electron chi connectivity index (χ0n) is 11.1. The smallest absolute Gasteiger partial charge is 0.331 e. The number of aliphatic carboxylic acids is 1. The summed E-state index contributed by atoms with van der Waals surface area (Å²) >= 11 is 0. The van der Waals surface area contributed by atoms with Crippen molar-refractivity contribution < 1.29 is 19.4 Å². The molecule has 0 heterocycles. The van der Waals surface area contributed by atoms with Crippen LogP contribution in [0, 0.1) is 11.8 Å². The number of rotatable bonds is 8. The van der Waals surface area contributed by atoms with Gasteiger partial charge in [0.2, 0.25) is 7.37 Å². The van der Waals surface area contributed by atoms with Crippen LogP contribution in [0.3, 0.4) is 0 Å². The summed E-state index contributed by atoms with van der Waals surface area (Å²) in [6, 6.07) is 0. The third kappa shape index (κ3) is 6.36. The fourth-order valence-corrected chi connectivity index (χ4v) is 4.09. The van der Waals surface area contributed by atoms with Crippen LogP contribution in [0.25, 0.3) is 0 Å². The average molecular weight is 274 g/mol. The first kappa shape index (κ1) is 15.5. The van der Waals surface area contributed by atoms with Gasteiger partial charge >= 0.3 is 5.97 Å². The SMILES string of the molecule is CC(C)CP(=O)(O)CC(=CCCC1CC1)C(=O)O. The molecule has 0 bridgehead atoms. The van der Waals surface area contributed by atoms with E-state index in [0.717, 1.165) is 12.3 Å². The Kier molecular flexibility index (Phi) is 5.61. The van der Waals surface area contributed by atoms with Gasteiger partial charge in [0, 0.05) is 11.7 Å². The summed E-state index contributed by atoms with van der Waals surface area (Å²) < 4.78 is 11.9. The lowest BCUT2D eigenvalue weighted by Crippen LogP contribution is -2.09. The van der Waals surface area contributed by atoms with Crippen LogP contribution in [-0.4, -0.2) is 28.3 Å². The van der Waals surface area contributed by atoms with Crippen LogP contribution in [0.2, 0.25) is 0 Å². The molecule has 0 aromatic rings. The van der Waals surface area contributed by atoms with Crippen LogP contribution in [-0.2, 0) is 9.36 Å². The molecule has 104 valence electrons. The van der Waals surface area contributed by atoms with Crippen molar-refractivity contribution in [3.8, 4) is 0 Å². The maximum atomic E-state index is 11.9. The summed E-state index contributed by atoms with van der Waals surface area (Å²) in [7, 11) is -3.36. The van der Waals surface area contributed by atoms with Crippen molar-refractivity contribution in [2.45, 2.75) is 39.5 Å². The minimum Gasteiger partial charge on any atom is -0.478 e. The predicted molar refractivity (Wildman–Crippen MR) is 72.1 cm³/mol. The molecule has 1 saturated carbocycles. The van der Waals surface area contributed by atoms with Gasteiger partial charge in [-0.1, -0.05) is 32.8 Å². The second-order valence-corrected chi connectivity index (χ2v) is 8.01. The Morgan fingerprint density at radius 3 is 2.50 bits per heavy atom. The highest BCUT2D eigenvalue weighted by molar-refractivity contribution is 7.58. The summed E-state index contributed by atoms with van der Waals surface area (Å²) in [6.45, 7) is 3.72. The standard InChI is InChI=1S/C13H23O4P/c1-10(2)8-18(16,17)9-12(13(14)15)5-3-4-11-6-7-11/h5,10-11H,3-4,6-9H2,1-2H3,(H,14,15)(H,16,17). The molecule has 0 aliphatic heterocycles. The van der Waals surface area contributed by atoms with Gasteiger partial charge < -0.3 is 10.00 Å². The highest BCUT2D eigenvalue weighted by Crippen LogP contribution is 2.44. The van der Waals surface area contributed by atoms with E-state index >= 15 is 0 Å². The first-order chi connectivity index (χ1) is 8.30. The van der Waals surface area contributed by atoms with Crippen LogP contribution in [0.4, 0.5) is 0 Å². The lowest BCUT2D eigenvalue weighted by Gasteiger charge is -2.14. The maximum Gasteiger partial charge on any atom is 0.331 e. The Morgan fingerprint density at radius 2 is 2.06 bits per heavy atom. The molecular weight excluding hydrogens is 251 g/mol. The molecule has 18 heavy (non-hydrogen) atoms. The first-order valence-corrected chi connectivity index (χ1v) is 8.56. The molecule has 1 unspecified atom stereocenters. The van der Waals surface area contributed by atoms with Gasteiger partial charge in [0.05, 0.1) is 6.16 Å². The molecule has 1 rings (SSSR count). The number of carboxylic acid groups (broad SMARTS) is 1. The van der Waals surface area contributed by atoms with Crippen molar-refractivity contribution in [3.05, 3.63) is 11.6 Å². The lowest BCUT2D eigenvalue weighted by atomic mass is 10.1. The van der Waals surface area contributed by atoms with E-state index in [1.54, 1.807) is 6.08 Å². The molecule has 5 heteroatoms. The van der Waals surface area contributed by atoms with E-state index in [1.165, 1.54) is 12.8 Å². The van der Waals surface area contributed by atoms with Gasteiger partial charge in [-0.05, 0) is 24.7 Å². The van der Waals surface area contributed by atoms with Crippen molar-refractivity contribution in [1.82, 2.24) is 0 Å². The van der Waals surface area contributed by atoms with Gasteiger partial charge in [-0.15, -0.1) is 0 Å². The maximum absolute atomic E-state index is 11.9. The first-order valence-electron chi connectivity index (χ1n) is 6.53. The molecule has 0 saturated heterocycles. The van der Waals surface area contributed by atoms with E-state index < -0.39 is 13.3 Å². The summed E-state index contributed by atoms with van der Waals surface area (Å²) in [4.78, 5) is 20.8. The quantitative estimate of drug-likeness (QED) is 0.527. The molecule has 0 amide bonds. The van der Waals surface area contributed by atoms with Gasteiger partial charge in [0.25, 0.3) is 0 Å². The number of carboxylic acids is 1. The van der Waals surface area contributed by atoms with Crippen LogP contribution in [0.1, 0.15) is 39.5 Å². The molecule has 1 aliphatic rings. The Morgan fingerprint density at radius 1 is 1.44 bits per heavy atom. The number of hydrogen-bond donors (Lipinski definition) is 2. The van der Waals surface area contributed by atoms with Crippen molar-refractivity contribution in [1.29, 1.82) is 0 Å². The molecule has 0 aromatic heterocycles. The molecule has 0 spiro atoms. The molecule has 0 aromatic carbocycles. The Hall–Kier alpha value is -0.600. The van der Waals surface area contributed by atoms with Crippen LogP contribution < -0.4 is 0 Å². The normalized spacial score (nSPS) is 19.9. The zero-order valence-corrected chi connectivity index (χ0v) is 12.0. The van der Waals surface area contributed by atoms with E-state index in [9.17, 15) is 14.3 Å². The summed E-state index contributed by atoms with van der Waals surface area (Å²) in [5.74, 6) is -0.223. The van der Waals surface area contributed by atoms with E-state index in [4.69, 9.17) is 5.11 Å². The monoisotopic (exact) mass is 274 g/mol. The molecular formula is C13H23O4P. The topological polar surface area (TPSA) is 74.6 Å². The van der Waals surface area contributed by atoms with Crippen LogP contribution in [0.15, 0.2) is 11.6 Å². The fourth-order valence-electron chi connectivity index (χ4n) is 2.02. The van der Waals surface area contributed by atoms with Crippen molar-refractivity contribution in [2.24, 2.45) is 11.8 Å².